The first-order chi connectivity index (χ1) is 6.70. The van der Waals surface area contributed by atoms with Gasteiger partial charge in [-0.3, -0.25) is 9.69 Å². The zero-order valence-corrected chi connectivity index (χ0v) is 8.50. The molecule has 1 aromatic rings. The molecule has 5 heteroatoms. The Morgan fingerprint density at radius 3 is 2.86 bits per heavy atom. The third-order valence-electron chi connectivity index (χ3n) is 2.22. The minimum absolute atomic E-state index is 0.120. The van der Waals surface area contributed by atoms with E-state index < -0.39 is 0 Å². The topological polar surface area (TPSA) is 49.4 Å². The second-order valence-electron chi connectivity index (χ2n) is 3.11. The number of imide groups is 1. The maximum atomic E-state index is 11.4. The van der Waals surface area contributed by atoms with Crippen LogP contribution in [0.1, 0.15) is 17.8 Å². The van der Waals surface area contributed by atoms with Gasteiger partial charge in [-0.2, -0.15) is 0 Å². The molecule has 3 amide bonds. The van der Waals surface area contributed by atoms with E-state index in [0.29, 0.717) is 0 Å². The van der Waals surface area contributed by atoms with E-state index >= 15 is 0 Å². The molecule has 2 heterocycles. The molecule has 1 atom stereocenters. The van der Waals surface area contributed by atoms with Gasteiger partial charge < -0.3 is 5.32 Å². The van der Waals surface area contributed by atoms with Crippen molar-refractivity contribution in [1.29, 1.82) is 0 Å². The standard InChI is InChI=1S/C9H10N2O2S/c1-6(7-3-2-4-14-7)11-8(12)5-10-9(11)13/h2-4,6H,5H2,1H3,(H,10,13). The first-order valence-corrected chi connectivity index (χ1v) is 5.21. The number of hydrogen-bond acceptors (Lipinski definition) is 3. The monoisotopic (exact) mass is 210 g/mol. The van der Waals surface area contributed by atoms with Crippen molar-refractivity contribution in [2.75, 3.05) is 6.54 Å². The molecule has 1 aliphatic heterocycles. The molecule has 0 spiro atoms. The predicted molar refractivity (Wildman–Crippen MR) is 53.0 cm³/mol. The third-order valence-corrected chi connectivity index (χ3v) is 3.26. The number of thiophene rings is 1. The maximum Gasteiger partial charge on any atom is 0.325 e. The van der Waals surface area contributed by atoms with Crippen molar-refractivity contribution in [3.05, 3.63) is 22.4 Å². The molecule has 0 bridgehead atoms. The molecule has 0 radical (unpaired) electrons. The Hall–Kier alpha value is -1.36. The van der Waals surface area contributed by atoms with Crippen LogP contribution in [-0.4, -0.2) is 23.4 Å². The summed E-state index contributed by atoms with van der Waals surface area (Å²) in [5.41, 5.74) is 0. The molecule has 1 N–H and O–H groups in total. The van der Waals surface area contributed by atoms with Crippen molar-refractivity contribution < 1.29 is 9.59 Å². The summed E-state index contributed by atoms with van der Waals surface area (Å²) in [5, 5.41) is 4.44. The van der Waals surface area contributed by atoms with Gasteiger partial charge in [0.2, 0.25) is 0 Å². The number of hydrogen-bond donors (Lipinski definition) is 1. The minimum atomic E-state index is -0.295. The van der Waals surface area contributed by atoms with Crippen LogP contribution in [0.5, 0.6) is 0 Å². The molecular weight excluding hydrogens is 200 g/mol. The normalized spacial score (nSPS) is 18.5. The number of carbonyl (C=O) groups is 2. The van der Waals surface area contributed by atoms with Crippen LogP contribution >= 0.6 is 11.3 Å². The molecule has 1 saturated heterocycles. The van der Waals surface area contributed by atoms with Crippen molar-refractivity contribution in [3.63, 3.8) is 0 Å². The van der Waals surface area contributed by atoms with Crippen molar-refractivity contribution in [1.82, 2.24) is 10.2 Å². The number of amides is 3. The molecule has 14 heavy (non-hydrogen) atoms. The lowest BCUT2D eigenvalue weighted by Crippen LogP contribution is -2.33. The van der Waals surface area contributed by atoms with Crippen LogP contribution in [0, 0.1) is 0 Å². The predicted octanol–water partition coefficient (Wildman–Crippen LogP) is 1.36. The van der Waals surface area contributed by atoms with Crippen LogP contribution < -0.4 is 5.32 Å². The summed E-state index contributed by atoms with van der Waals surface area (Å²) < 4.78 is 0. The summed E-state index contributed by atoms with van der Waals surface area (Å²) >= 11 is 1.55. The van der Waals surface area contributed by atoms with Crippen molar-refractivity contribution in [2.24, 2.45) is 0 Å². The lowest BCUT2D eigenvalue weighted by molar-refractivity contribution is -0.126. The fourth-order valence-corrected chi connectivity index (χ4v) is 2.26. The average molecular weight is 210 g/mol. The number of carbonyl (C=O) groups excluding carboxylic acids is 2. The summed E-state index contributed by atoms with van der Waals surface area (Å²) in [6.45, 7) is 1.98. The van der Waals surface area contributed by atoms with Crippen LogP contribution in [-0.2, 0) is 4.79 Å². The Morgan fingerprint density at radius 2 is 2.36 bits per heavy atom. The lowest BCUT2D eigenvalue weighted by atomic mass is 10.2. The highest BCUT2D eigenvalue weighted by molar-refractivity contribution is 7.10. The molecule has 1 aromatic heterocycles. The van der Waals surface area contributed by atoms with Gasteiger partial charge in [-0.1, -0.05) is 6.07 Å². The fourth-order valence-electron chi connectivity index (χ4n) is 1.48. The first kappa shape index (κ1) is 9.21. The SMILES string of the molecule is CC(c1cccs1)N1C(=O)CNC1=O. The van der Waals surface area contributed by atoms with Gasteiger partial charge in [-0.15, -0.1) is 11.3 Å². The molecule has 0 aliphatic carbocycles. The van der Waals surface area contributed by atoms with Crippen LogP contribution in [0.25, 0.3) is 0 Å². The molecule has 4 nitrogen and oxygen atoms in total. The van der Waals surface area contributed by atoms with Crippen LogP contribution in [0.4, 0.5) is 4.79 Å². The van der Waals surface area contributed by atoms with E-state index in [1.807, 2.05) is 24.4 Å². The Kier molecular flexibility index (Phi) is 2.25. The summed E-state index contributed by atoms with van der Waals surface area (Å²) in [5.74, 6) is -0.157. The van der Waals surface area contributed by atoms with Gasteiger partial charge in [0.25, 0.3) is 5.91 Å². The molecular formula is C9H10N2O2S. The molecule has 1 fully saturated rings. The smallest absolute Gasteiger partial charge is 0.325 e. The Bertz CT molecular complexity index is 345. The van der Waals surface area contributed by atoms with Gasteiger partial charge in [0, 0.05) is 4.88 Å². The average Bonchev–Trinajstić information content (AvgIpc) is 2.75. The van der Waals surface area contributed by atoms with E-state index in [4.69, 9.17) is 0 Å². The summed E-state index contributed by atoms with van der Waals surface area (Å²) in [4.78, 5) is 25.0. The summed E-state index contributed by atoms with van der Waals surface area (Å²) in [7, 11) is 0. The van der Waals surface area contributed by atoms with Gasteiger partial charge in [-0.25, -0.2) is 4.79 Å². The van der Waals surface area contributed by atoms with Crippen LogP contribution in [0.2, 0.25) is 0 Å². The number of urea groups is 1. The minimum Gasteiger partial charge on any atom is -0.329 e. The molecule has 0 saturated carbocycles. The van der Waals surface area contributed by atoms with Crippen molar-refractivity contribution >= 4 is 23.3 Å². The van der Waals surface area contributed by atoms with Crippen LogP contribution in [0.3, 0.4) is 0 Å². The number of rotatable bonds is 2. The molecule has 1 aliphatic rings. The lowest BCUT2D eigenvalue weighted by Gasteiger charge is -2.19. The maximum absolute atomic E-state index is 11.4. The van der Waals surface area contributed by atoms with Gasteiger partial charge in [-0.05, 0) is 18.4 Å². The Morgan fingerprint density at radius 1 is 1.57 bits per heavy atom. The highest BCUT2D eigenvalue weighted by Crippen LogP contribution is 2.25. The van der Waals surface area contributed by atoms with Gasteiger partial charge in [0.15, 0.2) is 0 Å². The van der Waals surface area contributed by atoms with Crippen LogP contribution in [0.15, 0.2) is 17.5 Å². The summed E-state index contributed by atoms with van der Waals surface area (Å²) in [6, 6.07) is 3.38. The quantitative estimate of drug-likeness (QED) is 0.749. The third kappa shape index (κ3) is 1.39. The highest BCUT2D eigenvalue weighted by Gasteiger charge is 2.33. The van der Waals surface area contributed by atoms with E-state index in [0.717, 1.165) is 4.88 Å². The largest absolute Gasteiger partial charge is 0.329 e. The second-order valence-corrected chi connectivity index (χ2v) is 4.09. The van der Waals surface area contributed by atoms with E-state index in [1.54, 1.807) is 11.3 Å². The van der Waals surface area contributed by atoms with Crippen molar-refractivity contribution in [2.45, 2.75) is 13.0 Å². The number of nitrogens with zero attached hydrogens (tertiary/aromatic N) is 1. The van der Waals surface area contributed by atoms with Crippen molar-refractivity contribution in [3.8, 4) is 0 Å². The van der Waals surface area contributed by atoms with E-state index in [-0.39, 0.29) is 24.5 Å². The van der Waals surface area contributed by atoms with E-state index in [1.165, 1.54) is 4.90 Å². The first-order valence-electron chi connectivity index (χ1n) is 4.33. The number of nitrogens with one attached hydrogen (secondary N) is 1. The van der Waals surface area contributed by atoms with Gasteiger partial charge in [0.05, 0.1) is 12.6 Å². The zero-order chi connectivity index (χ0) is 10.1. The van der Waals surface area contributed by atoms with Gasteiger partial charge in [0.1, 0.15) is 0 Å². The summed E-state index contributed by atoms with van der Waals surface area (Å²) in [6.07, 6.45) is 0. The highest BCUT2D eigenvalue weighted by atomic mass is 32.1. The zero-order valence-electron chi connectivity index (χ0n) is 7.69. The molecule has 2 rings (SSSR count). The van der Waals surface area contributed by atoms with E-state index in [9.17, 15) is 9.59 Å². The molecule has 74 valence electrons. The van der Waals surface area contributed by atoms with Gasteiger partial charge >= 0.3 is 6.03 Å². The second kappa shape index (κ2) is 3.42. The molecule has 0 aromatic carbocycles. The van der Waals surface area contributed by atoms with E-state index in [2.05, 4.69) is 5.32 Å². The fraction of sp³-hybridized carbons (Fsp3) is 0.333. The Balaban J connectivity index is 2.22. The molecule has 1 unspecified atom stereocenters. The Labute approximate surface area is 85.5 Å².